The molecule has 0 bridgehead atoms. The lowest BCUT2D eigenvalue weighted by molar-refractivity contribution is 0.342. The molecule has 0 aromatic rings. The van der Waals surface area contributed by atoms with Crippen LogP contribution in [0.4, 0.5) is 0 Å². The Morgan fingerprint density at radius 2 is 1.90 bits per heavy atom. The van der Waals surface area contributed by atoms with Crippen molar-refractivity contribution < 1.29 is 5.11 Å². The number of hydrogen-bond acceptors (Lipinski definition) is 1. The van der Waals surface area contributed by atoms with Crippen molar-refractivity contribution in [1.29, 1.82) is 0 Å². The Kier molecular flexibility index (Phi) is 6.19. The van der Waals surface area contributed by atoms with Gasteiger partial charge in [0.15, 0.2) is 0 Å². The Labute approximate surface area is 63.1 Å². The minimum atomic E-state index is 0.162. The third-order valence-electron chi connectivity index (χ3n) is 1.16. The molecule has 0 saturated carbocycles. The third-order valence-corrected chi connectivity index (χ3v) is 1.16. The first-order valence-electron chi connectivity index (χ1n) is 3.66. The molecule has 0 rings (SSSR count). The first-order valence-corrected chi connectivity index (χ1v) is 3.66. The minimum absolute atomic E-state index is 0.162. The fourth-order valence-electron chi connectivity index (χ4n) is 0.661. The average molecular weight is 140 g/mol. The van der Waals surface area contributed by atoms with Gasteiger partial charge in [-0.2, -0.15) is 0 Å². The van der Waals surface area contributed by atoms with Gasteiger partial charge in [0.1, 0.15) is 0 Å². The Morgan fingerprint density at radius 1 is 1.20 bits per heavy atom. The van der Waals surface area contributed by atoms with Crippen LogP contribution in [0.25, 0.3) is 0 Å². The van der Waals surface area contributed by atoms with E-state index in [0.717, 1.165) is 12.8 Å². The van der Waals surface area contributed by atoms with Crippen molar-refractivity contribution in [3.8, 4) is 0 Å². The molecule has 58 valence electrons. The maximum atomic E-state index is 8.37. The van der Waals surface area contributed by atoms with E-state index < -0.39 is 0 Å². The summed E-state index contributed by atoms with van der Waals surface area (Å²) in [5.74, 6) is 0. The summed E-state index contributed by atoms with van der Waals surface area (Å²) in [7, 11) is 0. The van der Waals surface area contributed by atoms with Crippen LogP contribution in [0.2, 0.25) is 0 Å². The van der Waals surface area contributed by atoms with E-state index in [1.54, 1.807) is 6.08 Å². The molecule has 0 atom stereocenters. The van der Waals surface area contributed by atoms with E-state index >= 15 is 0 Å². The molecular weight excluding hydrogens is 124 g/mol. The summed E-state index contributed by atoms with van der Waals surface area (Å²) in [6.07, 6.45) is 8.09. The van der Waals surface area contributed by atoms with E-state index in [2.05, 4.69) is 19.9 Å². The van der Waals surface area contributed by atoms with Crippen molar-refractivity contribution in [2.75, 3.05) is 6.61 Å². The molecule has 0 aliphatic rings. The summed E-state index contributed by atoms with van der Waals surface area (Å²) in [4.78, 5) is 0. The van der Waals surface area contributed by atoms with Gasteiger partial charge < -0.3 is 5.11 Å². The average Bonchev–Trinajstić information content (AvgIpc) is 1.87. The van der Waals surface area contributed by atoms with E-state index in [1.807, 2.05) is 6.08 Å². The Hall–Kier alpha value is -0.560. The molecule has 1 nitrogen and oxygen atoms in total. The van der Waals surface area contributed by atoms with Crippen LogP contribution in [0.3, 0.4) is 0 Å². The van der Waals surface area contributed by atoms with Gasteiger partial charge in [-0.1, -0.05) is 23.8 Å². The van der Waals surface area contributed by atoms with Crippen molar-refractivity contribution >= 4 is 0 Å². The number of rotatable bonds is 4. The van der Waals surface area contributed by atoms with Crippen LogP contribution in [-0.2, 0) is 0 Å². The Balaban J connectivity index is 3.21. The van der Waals surface area contributed by atoms with Crippen molar-refractivity contribution in [2.45, 2.75) is 26.7 Å². The van der Waals surface area contributed by atoms with Crippen LogP contribution in [-0.4, -0.2) is 11.7 Å². The second-order valence-electron chi connectivity index (χ2n) is 2.51. The first kappa shape index (κ1) is 9.44. The van der Waals surface area contributed by atoms with Gasteiger partial charge in [-0.15, -0.1) is 0 Å². The largest absolute Gasteiger partial charge is 0.392 e. The van der Waals surface area contributed by atoms with E-state index in [0.29, 0.717) is 0 Å². The monoisotopic (exact) mass is 140 g/mol. The molecule has 10 heavy (non-hydrogen) atoms. The normalized spacial score (nSPS) is 10.3. The smallest absolute Gasteiger partial charge is 0.0612 e. The molecule has 0 radical (unpaired) electrons. The maximum absolute atomic E-state index is 8.37. The molecule has 0 amide bonds. The van der Waals surface area contributed by atoms with Gasteiger partial charge >= 0.3 is 0 Å². The van der Waals surface area contributed by atoms with Crippen LogP contribution in [0.1, 0.15) is 26.7 Å². The minimum Gasteiger partial charge on any atom is -0.392 e. The van der Waals surface area contributed by atoms with E-state index in [9.17, 15) is 0 Å². The molecule has 0 heterocycles. The first-order chi connectivity index (χ1) is 4.77. The lowest BCUT2D eigenvalue weighted by Gasteiger charge is -1.88. The molecule has 1 heteroatoms. The zero-order valence-corrected chi connectivity index (χ0v) is 6.80. The van der Waals surface area contributed by atoms with E-state index in [1.165, 1.54) is 5.57 Å². The zero-order chi connectivity index (χ0) is 7.82. The fraction of sp³-hybridized carbons (Fsp3) is 0.556. The van der Waals surface area contributed by atoms with Gasteiger partial charge in [0.25, 0.3) is 0 Å². The molecule has 1 N–H and O–H groups in total. The van der Waals surface area contributed by atoms with Crippen LogP contribution in [0, 0.1) is 0 Å². The number of aliphatic hydroxyl groups is 1. The highest BCUT2D eigenvalue weighted by Gasteiger charge is 1.77. The SMILES string of the molecule is CC(C)=CCC/C=C/CO. The van der Waals surface area contributed by atoms with Crippen molar-refractivity contribution in [2.24, 2.45) is 0 Å². The Bertz CT molecular complexity index is 119. The summed E-state index contributed by atoms with van der Waals surface area (Å²) in [6, 6.07) is 0. The summed E-state index contributed by atoms with van der Waals surface area (Å²) >= 11 is 0. The lowest BCUT2D eigenvalue weighted by Crippen LogP contribution is -1.72. The predicted molar refractivity (Wildman–Crippen MR) is 44.9 cm³/mol. The quantitative estimate of drug-likeness (QED) is 0.469. The topological polar surface area (TPSA) is 20.2 Å². The van der Waals surface area contributed by atoms with Gasteiger partial charge in [0, 0.05) is 0 Å². The second kappa shape index (κ2) is 6.56. The number of hydrogen-bond donors (Lipinski definition) is 1. The van der Waals surface area contributed by atoms with Crippen LogP contribution in [0.15, 0.2) is 23.8 Å². The van der Waals surface area contributed by atoms with Gasteiger partial charge in [0.2, 0.25) is 0 Å². The summed E-state index contributed by atoms with van der Waals surface area (Å²) < 4.78 is 0. The number of allylic oxidation sites excluding steroid dienone is 3. The predicted octanol–water partition coefficient (Wildman–Crippen LogP) is 2.28. The molecule has 0 unspecified atom stereocenters. The number of unbranched alkanes of at least 4 members (excludes halogenated alkanes) is 1. The number of aliphatic hydroxyl groups excluding tert-OH is 1. The maximum Gasteiger partial charge on any atom is 0.0612 e. The van der Waals surface area contributed by atoms with Crippen LogP contribution >= 0.6 is 0 Å². The molecule has 0 aliphatic heterocycles. The van der Waals surface area contributed by atoms with Gasteiger partial charge in [-0.3, -0.25) is 0 Å². The highest BCUT2D eigenvalue weighted by Crippen LogP contribution is 1.97. The lowest BCUT2D eigenvalue weighted by atomic mass is 10.2. The van der Waals surface area contributed by atoms with Crippen molar-refractivity contribution in [3.63, 3.8) is 0 Å². The molecule has 0 fully saturated rings. The molecule has 0 saturated heterocycles. The summed E-state index contributed by atoms with van der Waals surface area (Å²) in [6.45, 7) is 4.35. The molecular formula is C9H16O. The van der Waals surface area contributed by atoms with Gasteiger partial charge in [0.05, 0.1) is 6.61 Å². The van der Waals surface area contributed by atoms with Gasteiger partial charge in [-0.25, -0.2) is 0 Å². The van der Waals surface area contributed by atoms with E-state index in [-0.39, 0.29) is 6.61 Å². The second-order valence-corrected chi connectivity index (χ2v) is 2.51. The molecule has 0 aromatic carbocycles. The molecule has 0 aliphatic carbocycles. The summed E-state index contributed by atoms with van der Waals surface area (Å²) in [5.41, 5.74) is 1.36. The van der Waals surface area contributed by atoms with E-state index in [4.69, 9.17) is 5.11 Å². The van der Waals surface area contributed by atoms with Crippen LogP contribution in [0.5, 0.6) is 0 Å². The van der Waals surface area contributed by atoms with Crippen LogP contribution < -0.4 is 0 Å². The molecule has 0 aromatic heterocycles. The Morgan fingerprint density at radius 3 is 2.40 bits per heavy atom. The van der Waals surface area contributed by atoms with Crippen molar-refractivity contribution in [3.05, 3.63) is 23.8 Å². The summed E-state index contributed by atoms with van der Waals surface area (Å²) in [5, 5.41) is 8.37. The molecule has 0 spiro atoms. The highest BCUT2D eigenvalue weighted by molar-refractivity contribution is 4.94. The van der Waals surface area contributed by atoms with Gasteiger partial charge in [-0.05, 0) is 26.7 Å². The third kappa shape index (κ3) is 7.44. The fourth-order valence-corrected chi connectivity index (χ4v) is 0.661. The standard InChI is InChI=1S/C9H16O/c1-9(2)7-5-3-4-6-8-10/h4,6-7,10H,3,5,8H2,1-2H3/b6-4+. The highest BCUT2D eigenvalue weighted by atomic mass is 16.2. The zero-order valence-electron chi connectivity index (χ0n) is 6.80. The van der Waals surface area contributed by atoms with Crippen molar-refractivity contribution in [1.82, 2.24) is 0 Å².